The van der Waals surface area contributed by atoms with Crippen molar-refractivity contribution in [2.24, 2.45) is 0 Å². The maximum absolute atomic E-state index is 12.1. The molecule has 0 fully saturated rings. The molecule has 0 unspecified atom stereocenters. The average Bonchev–Trinajstić information content (AvgIpc) is 3.18. The second kappa shape index (κ2) is 8.06. The van der Waals surface area contributed by atoms with Gasteiger partial charge in [-0.05, 0) is 11.8 Å². The molecule has 5 nitrogen and oxygen atoms in total. The highest BCUT2D eigenvalue weighted by Crippen LogP contribution is 2.30. The Balaban J connectivity index is 1.64. The molecule has 0 saturated heterocycles. The Morgan fingerprint density at radius 1 is 1.33 bits per heavy atom. The molecule has 2 aromatic heterocycles. The van der Waals surface area contributed by atoms with E-state index < -0.39 is 0 Å². The number of rotatable bonds is 6. The van der Waals surface area contributed by atoms with Crippen LogP contribution in [-0.2, 0) is 11.2 Å². The summed E-state index contributed by atoms with van der Waals surface area (Å²) in [6.45, 7) is 2.04. The van der Waals surface area contributed by atoms with Gasteiger partial charge in [-0.3, -0.25) is 4.79 Å². The van der Waals surface area contributed by atoms with Crippen molar-refractivity contribution in [1.82, 2.24) is 15.2 Å². The first-order chi connectivity index (χ1) is 11.7. The standard InChI is InChI=1S/C15H13ClN4OS3/c1-2-22-15-20-19-14(24-15)18-12(21)7-9-8-23-13(17-9)10-5-3-4-6-11(10)16/h3-6,8H,2,7H2,1H3,(H,18,19,21). The molecule has 1 aromatic carbocycles. The van der Waals surface area contributed by atoms with E-state index in [1.807, 2.05) is 36.6 Å². The highest BCUT2D eigenvalue weighted by atomic mass is 35.5. The maximum Gasteiger partial charge on any atom is 0.232 e. The zero-order valence-electron chi connectivity index (χ0n) is 12.7. The molecular formula is C15H13ClN4OS3. The highest BCUT2D eigenvalue weighted by Gasteiger charge is 2.13. The summed E-state index contributed by atoms with van der Waals surface area (Å²) >= 11 is 10.6. The molecule has 0 aliphatic heterocycles. The molecule has 0 atom stereocenters. The minimum absolute atomic E-state index is 0.157. The van der Waals surface area contributed by atoms with Crippen LogP contribution in [0.15, 0.2) is 34.0 Å². The van der Waals surface area contributed by atoms with Crippen molar-refractivity contribution in [2.75, 3.05) is 11.1 Å². The van der Waals surface area contributed by atoms with Gasteiger partial charge in [0.15, 0.2) is 4.34 Å². The highest BCUT2D eigenvalue weighted by molar-refractivity contribution is 8.01. The van der Waals surface area contributed by atoms with Crippen LogP contribution in [0.1, 0.15) is 12.6 Å². The first-order valence-electron chi connectivity index (χ1n) is 7.11. The van der Waals surface area contributed by atoms with Crippen molar-refractivity contribution in [1.29, 1.82) is 0 Å². The molecule has 0 aliphatic carbocycles. The number of anilines is 1. The van der Waals surface area contributed by atoms with Crippen LogP contribution in [0.25, 0.3) is 10.6 Å². The van der Waals surface area contributed by atoms with Crippen molar-refractivity contribution in [2.45, 2.75) is 17.7 Å². The van der Waals surface area contributed by atoms with Crippen molar-refractivity contribution < 1.29 is 4.79 Å². The van der Waals surface area contributed by atoms with E-state index in [9.17, 15) is 4.79 Å². The number of benzene rings is 1. The van der Waals surface area contributed by atoms with E-state index in [2.05, 4.69) is 20.5 Å². The molecule has 9 heteroatoms. The number of hydrogen-bond acceptors (Lipinski definition) is 7. The summed E-state index contributed by atoms with van der Waals surface area (Å²) in [6, 6.07) is 7.53. The fraction of sp³-hybridized carbons (Fsp3) is 0.200. The number of hydrogen-bond donors (Lipinski definition) is 1. The first-order valence-corrected chi connectivity index (χ1v) is 10.2. The van der Waals surface area contributed by atoms with Crippen LogP contribution in [0.2, 0.25) is 5.02 Å². The molecule has 3 aromatic rings. The number of thiazole rings is 1. The van der Waals surface area contributed by atoms with E-state index >= 15 is 0 Å². The van der Waals surface area contributed by atoms with Gasteiger partial charge in [0, 0.05) is 10.9 Å². The zero-order chi connectivity index (χ0) is 16.9. The van der Waals surface area contributed by atoms with Crippen LogP contribution in [-0.4, -0.2) is 26.8 Å². The van der Waals surface area contributed by atoms with Gasteiger partial charge >= 0.3 is 0 Å². The Bertz CT molecular complexity index is 849. The summed E-state index contributed by atoms with van der Waals surface area (Å²) in [5, 5.41) is 14.6. The van der Waals surface area contributed by atoms with Gasteiger partial charge in [-0.25, -0.2) is 4.98 Å². The summed E-state index contributed by atoms with van der Waals surface area (Å²) in [6.07, 6.45) is 0.191. The lowest BCUT2D eigenvalue weighted by Crippen LogP contribution is -2.14. The SMILES string of the molecule is CCSc1nnc(NC(=O)Cc2csc(-c3ccccc3Cl)n2)s1. The molecule has 1 amide bonds. The molecule has 1 N–H and O–H groups in total. The minimum Gasteiger partial charge on any atom is -0.300 e. The van der Waals surface area contributed by atoms with Gasteiger partial charge in [0.2, 0.25) is 11.0 Å². The predicted octanol–water partition coefficient (Wildman–Crippen LogP) is 4.61. The van der Waals surface area contributed by atoms with Crippen LogP contribution in [0, 0.1) is 0 Å². The molecule has 0 aliphatic rings. The summed E-state index contributed by atoms with van der Waals surface area (Å²) < 4.78 is 0.850. The van der Waals surface area contributed by atoms with Crippen LogP contribution < -0.4 is 5.32 Å². The van der Waals surface area contributed by atoms with Crippen molar-refractivity contribution in [3.05, 3.63) is 40.4 Å². The second-order valence-corrected chi connectivity index (χ2v) is 8.41. The van der Waals surface area contributed by atoms with E-state index in [0.717, 1.165) is 20.7 Å². The molecule has 2 heterocycles. The molecule has 0 bridgehead atoms. The van der Waals surface area contributed by atoms with Gasteiger partial charge in [-0.15, -0.1) is 21.5 Å². The van der Waals surface area contributed by atoms with Gasteiger partial charge in [-0.1, -0.05) is 59.8 Å². The molecule has 3 rings (SSSR count). The zero-order valence-corrected chi connectivity index (χ0v) is 15.9. The Labute approximate surface area is 156 Å². The quantitative estimate of drug-likeness (QED) is 0.486. The van der Waals surface area contributed by atoms with Crippen molar-refractivity contribution >= 4 is 57.1 Å². The van der Waals surface area contributed by atoms with Crippen LogP contribution in [0.3, 0.4) is 0 Å². The normalized spacial score (nSPS) is 10.8. The van der Waals surface area contributed by atoms with Crippen molar-refractivity contribution in [3.8, 4) is 10.6 Å². The Morgan fingerprint density at radius 2 is 2.17 bits per heavy atom. The van der Waals surface area contributed by atoms with Crippen LogP contribution in [0.5, 0.6) is 0 Å². The van der Waals surface area contributed by atoms with Crippen molar-refractivity contribution in [3.63, 3.8) is 0 Å². The third-order valence-electron chi connectivity index (χ3n) is 2.92. The fourth-order valence-electron chi connectivity index (χ4n) is 1.92. The average molecular weight is 397 g/mol. The molecule has 0 radical (unpaired) electrons. The summed E-state index contributed by atoms with van der Waals surface area (Å²) in [5.41, 5.74) is 1.58. The molecule has 124 valence electrons. The van der Waals surface area contributed by atoms with E-state index in [-0.39, 0.29) is 12.3 Å². The third-order valence-corrected chi connectivity index (χ3v) is 6.03. The number of carbonyl (C=O) groups excluding carboxylic acids is 1. The number of nitrogens with one attached hydrogen (secondary N) is 1. The molecule has 0 spiro atoms. The second-order valence-electron chi connectivity index (χ2n) is 4.65. The maximum atomic E-state index is 12.1. The lowest BCUT2D eigenvalue weighted by molar-refractivity contribution is -0.115. The molecule has 0 saturated carbocycles. The summed E-state index contributed by atoms with van der Waals surface area (Å²) in [5.74, 6) is 0.766. The van der Waals surface area contributed by atoms with Crippen LogP contribution >= 0.6 is 46.0 Å². The minimum atomic E-state index is -0.157. The van der Waals surface area contributed by atoms with E-state index in [1.165, 1.54) is 22.7 Å². The number of nitrogens with zero attached hydrogens (tertiary/aromatic N) is 3. The Kier molecular flexibility index (Phi) is 5.83. The van der Waals surface area contributed by atoms with Gasteiger partial charge in [-0.2, -0.15) is 0 Å². The Hall–Kier alpha value is -1.48. The van der Waals surface area contributed by atoms with Gasteiger partial charge < -0.3 is 5.32 Å². The Morgan fingerprint density at radius 3 is 2.96 bits per heavy atom. The van der Waals surface area contributed by atoms with E-state index in [0.29, 0.717) is 15.8 Å². The smallest absolute Gasteiger partial charge is 0.232 e. The summed E-state index contributed by atoms with van der Waals surface area (Å²) in [7, 11) is 0. The number of aromatic nitrogens is 3. The number of halogens is 1. The topological polar surface area (TPSA) is 67.8 Å². The van der Waals surface area contributed by atoms with Gasteiger partial charge in [0.1, 0.15) is 5.01 Å². The monoisotopic (exact) mass is 396 g/mol. The number of carbonyl (C=O) groups is 1. The van der Waals surface area contributed by atoms with Crippen LogP contribution in [0.4, 0.5) is 5.13 Å². The largest absolute Gasteiger partial charge is 0.300 e. The fourth-order valence-corrected chi connectivity index (χ4v) is 4.72. The summed E-state index contributed by atoms with van der Waals surface area (Å²) in [4.78, 5) is 16.6. The lowest BCUT2D eigenvalue weighted by Gasteiger charge is -1.99. The molecular weight excluding hydrogens is 384 g/mol. The van der Waals surface area contributed by atoms with Gasteiger partial charge in [0.25, 0.3) is 0 Å². The third kappa shape index (κ3) is 4.32. The number of amides is 1. The first kappa shape index (κ1) is 17.3. The lowest BCUT2D eigenvalue weighted by atomic mass is 10.2. The van der Waals surface area contributed by atoms with Gasteiger partial charge in [0.05, 0.1) is 17.1 Å². The van der Waals surface area contributed by atoms with E-state index in [1.54, 1.807) is 11.8 Å². The van der Waals surface area contributed by atoms with E-state index in [4.69, 9.17) is 11.6 Å². The number of thioether (sulfide) groups is 1. The molecule has 24 heavy (non-hydrogen) atoms. The predicted molar refractivity (Wildman–Crippen MR) is 101 cm³/mol.